The Morgan fingerprint density at radius 3 is 2.89 bits per heavy atom. The van der Waals surface area contributed by atoms with Gasteiger partial charge in [-0.05, 0) is 44.0 Å². The molecule has 1 amide bonds. The number of hydrogen-bond acceptors (Lipinski definition) is 8. The summed E-state index contributed by atoms with van der Waals surface area (Å²) < 4.78 is 15.4. The van der Waals surface area contributed by atoms with Crippen LogP contribution in [0.5, 0.6) is 0 Å². The molecule has 0 radical (unpaired) electrons. The highest BCUT2D eigenvalue weighted by Crippen LogP contribution is 2.36. The smallest absolute Gasteiger partial charge is 0.231 e. The van der Waals surface area contributed by atoms with E-state index in [1.807, 2.05) is 0 Å². The number of Topliss-reactive ketones (excluding diaryl/α,β-unsaturated/α-hetero) is 1. The van der Waals surface area contributed by atoms with Crippen LogP contribution < -0.4 is 10.6 Å². The van der Waals surface area contributed by atoms with E-state index in [0.717, 1.165) is 16.8 Å². The fraction of sp³-hybridized carbons (Fsp3) is 0.400. The van der Waals surface area contributed by atoms with E-state index in [9.17, 15) is 24.2 Å². The van der Waals surface area contributed by atoms with Crippen molar-refractivity contribution in [3.63, 3.8) is 0 Å². The molecule has 2 aromatic heterocycles. The van der Waals surface area contributed by atoms with Gasteiger partial charge in [-0.2, -0.15) is 9.61 Å². The molecule has 0 saturated carbocycles. The Kier molecular flexibility index (Phi) is 6.05. The standard InChI is InChI=1S/C25H27FN6O4/c1-13(30-24(36)25(2,11-33)12-34)21-20-19(35)5-6-27-23(20)32-22(31-21)17(10-29-32)15-7-14-8-16(26)3-4-18(14)28-9-15/h3-4,8-10,13,15,27,33-34H,5-7,11-12H2,1-2H3,(H,30,36). The lowest BCUT2D eigenvalue weighted by Crippen LogP contribution is -2.45. The Bertz CT molecular complexity index is 1400. The molecule has 4 heterocycles. The number of halogens is 1. The first-order valence-electron chi connectivity index (χ1n) is 11.8. The van der Waals surface area contributed by atoms with Gasteiger partial charge in [-0.3, -0.25) is 14.6 Å². The maximum absolute atomic E-state index is 13.8. The number of nitrogens with zero attached hydrogens (tertiary/aromatic N) is 4. The van der Waals surface area contributed by atoms with Crippen LogP contribution >= 0.6 is 0 Å². The molecule has 36 heavy (non-hydrogen) atoms. The Morgan fingerprint density at radius 2 is 2.14 bits per heavy atom. The van der Waals surface area contributed by atoms with Crippen LogP contribution in [-0.4, -0.2) is 62.5 Å². The number of benzene rings is 1. The van der Waals surface area contributed by atoms with Crippen LogP contribution in [0.1, 0.15) is 59.4 Å². The first-order chi connectivity index (χ1) is 17.3. The Labute approximate surface area is 206 Å². The van der Waals surface area contributed by atoms with Crippen LogP contribution in [0, 0.1) is 11.2 Å². The molecule has 3 aromatic rings. The minimum atomic E-state index is -1.39. The van der Waals surface area contributed by atoms with Crippen molar-refractivity contribution in [2.45, 2.75) is 38.6 Å². The molecule has 2 atom stereocenters. The van der Waals surface area contributed by atoms with Gasteiger partial charge >= 0.3 is 0 Å². The van der Waals surface area contributed by atoms with E-state index in [2.05, 4.69) is 20.7 Å². The highest BCUT2D eigenvalue weighted by atomic mass is 19.1. The fourth-order valence-electron chi connectivity index (χ4n) is 4.59. The first-order valence-corrected chi connectivity index (χ1v) is 11.8. The summed E-state index contributed by atoms with van der Waals surface area (Å²) in [6, 6.07) is 3.80. The van der Waals surface area contributed by atoms with Crippen LogP contribution in [0.4, 0.5) is 15.9 Å². The third-order valence-corrected chi connectivity index (χ3v) is 6.90. The van der Waals surface area contributed by atoms with E-state index in [1.165, 1.54) is 19.1 Å². The van der Waals surface area contributed by atoms with Gasteiger partial charge in [0.2, 0.25) is 5.91 Å². The van der Waals surface area contributed by atoms with Gasteiger partial charge in [-0.1, -0.05) is 0 Å². The topological polar surface area (TPSA) is 141 Å². The van der Waals surface area contributed by atoms with Gasteiger partial charge in [0.15, 0.2) is 11.4 Å². The maximum atomic E-state index is 13.8. The second-order valence-electron chi connectivity index (χ2n) is 9.59. The second kappa shape index (κ2) is 9.07. The van der Waals surface area contributed by atoms with E-state index < -0.39 is 30.6 Å². The van der Waals surface area contributed by atoms with Crippen LogP contribution in [0.3, 0.4) is 0 Å². The fourth-order valence-corrected chi connectivity index (χ4v) is 4.59. The molecule has 2 unspecified atom stereocenters. The molecule has 0 saturated heterocycles. The predicted octanol–water partition coefficient (Wildman–Crippen LogP) is 2.08. The largest absolute Gasteiger partial charge is 0.395 e. The lowest BCUT2D eigenvalue weighted by molar-refractivity contribution is -0.135. The number of aliphatic imine (C=N–C) groups is 1. The average Bonchev–Trinajstić information content (AvgIpc) is 3.31. The number of aliphatic hydroxyl groups is 2. The van der Waals surface area contributed by atoms with Crippen molar-refractivity contribution in [2.75, 3.05) is 25.1 Å². The SMILES string of the molecule is CC(NC(=O)C(C)(CO)CO)c1nc2c(C3C=Nc4ccc(F)cc4C3)cnn2c2c1C(=O)CCN2. The van der Waals surface area contributed by atoms with E-state index in [4.69, 9.17) is 4.98 Å². The molecule has 1 aromatic carbocycles. The molecule has 2 aliphatic heterocycles. The predicted molar refractivity (Wildman–Crippen MR) is 130 cm³/mol. The number of nitrogens with one attached hydrogen (secondary N) is 2. The molecule has 10 nitrogen and oxygen atoms in total. The number of ketones is 1. The molecule has 0 fully saturated rings. The van der Waals surface area contributed by atoms with E-state index in [1.54, 1.807) is 29.9 Å². The zero-order valence-corrected chi connectivity index (χ0v) is 20.0. The van der Waals surface area contributed by atoms with E-state index in [-0.39, 0.29) is 23.9 Å². The molecular formula is C25H27FN6O4. The zero-order chi connectivity index (χ0) is 25.6. The van der Waals surface area contributed by atoms with Crippen molar-refractivity contribution >= 4 is 35.1 Å². The molecule has 188 valence electrons. The van der Waals surface area contributed by atoms with Crippen molar-refractivity contribution < 1.29 is 24.2 Å². The normalized spacial score (nSPS) is 17.9. The Morgan fingerprint density at radius 1 is 1.36 bits per heavy atom. The number of rotatable bonds is 6. The lowest BCUT2D eigenvalue weighted by atomic mass is 9.90. The van der Waals surface area contributed by atoms with Gasteiger partial charge in [-0.15, -0.1) is 0 Å². The van der Waals surface area contributed by atoms with Crippen LogP contribution in [0.15, 0.2) is 29.4 Å². The van der Waals surface area contributed by atoms with Crippen LogP contribution in [-0.2, 0) is 11.2 Å². The summed E-state index contributed by atoms with van der Waals surface area (Å²) in [5.41, 5.74) is 2.07. The number of hydrogen-bond donors (Lipinski definition) is 4. The van der Waals surface area contributed by atoms with E-state index in [0.29, 0.717) is 35.7 Å². The highest BCUT2D eigenvalue weighted by molar-refractivity contribution is 6.04. The summed E-state index contributed by atoms with van der Waals surface area (Å²) >= 11 is 0. The zero-order valence-electron chi connectivity index (χ0n) is 20.0. The van der Waals surface area contributed by atoms with Gasteiger partial charge in [0.1, 0.15) is 11.6 Å². The molecule has 4 N–H and O–H groups in total. The first kappa shape index (κ1) is 24.0. The summed E-state index contributed by atoms with van der Waals surface area (Å²) in [4.78, 5) is 35.1. The number of amides is 1. The van der Waals surface area contributed by atoms with Gasteiger partial charge in [0, 0.05) is 30.7 Å². The van der Waals surface area contributed by atoms with Crippen molar-refractivity contribution in [3.05, 3.63) is 52.6 Å². The molecule has 5 rings (SSSR count). The van der Waals surface area contributed by atoms with Gasteiger partial charge in [0.05, 0.1) is 47.8 Å². The van der Waals surface area contributed by atoms with Crippen LogP contribution in [0.25, 0.3) is 5.65 Å². The minimum absolute atomic E-state index is 0.123. The number of anilines is 1. The average molecular weight is 495 g/mol. The second-order valence-corrected chi connectivity index (χ2v) is 9.59. The van der Waals surface area contributed by atoms with Crippen molar-refractivity contribution in [1.82, 2.24) is 19.9 Å². The Balaban J connectivity index is 1.58. The molecule has 11 heteroatoms. The summed E-state index contributed by atoms with van der Waals surface area (Å²) in [5, 5.41) is 29.7. The van der Waals surface area contributed by atoms with Gasteiger partial charge in [0.25, 0.3) is 0 Å². The molecular weight excluding hydrogens is 467 g/mol. The highest BCUT2D eigenvalue weighted by Gasteiger charge is 2.35. The van der Waals surface area contributed by atoms with Crippen molar-refractivity contribution in [2.24, 2.45) is 10.4 Å². The number of aromatic nitrogens is 3. The molecule has 2 aliphatic rings. The Hall–Kier alpha value is -3.70. The summed E-state index contributed by atoms with van der Waals surface area (Å²) in [6.45, 7) is 2.51. The monoisotopic (exact) mass is 494 g/mol. The lowest BCUT2D eigenvalue weighted by Gasteiger charge is -2.28. The summed E-state index contributed by atoms with van der Waals surface area (Å²) in [7, 11) is 0. The molecule has 0 aliphatic carbocycles. The molecule has 0 bridgehead atoms. The maximum Gasteiger partial charge on any atom is 0.231 e. The number of fused-ring (bicyclic) bond motifs is 4. The molecule has 0 spiro atoms. The number of carbonyl (C=O) groups is 2. The quantitative estimate of drug-likeness (QED) is 0.411. The van der Waals surface area contributed by atoms with Crippen molar-refractivity contribution in [3.8, 4) is 0 Å². The van der Waals surface area contributed by atoms with Crippen molar-refractivity contribution in [1.29, 1.82) is 0 Å². The van der Waals surface area contributed by atoms with Crippen LogP contribution in [0.2, 0.25) is 0 Å². The minimum Gasteiger partial charge on any atom is -0.395 e. The third kappa shape index (κ3) is 3.94. The van der Waals surface area contributed by atoms with E-state index >= 15 is 0 Å². The summed E-state index contributed by atoms with van der Waals surface area (Å²) in [6.07, 6.45) is 4.24. The summed E-state index contributed by atoms with van der Waals surface area (Å²) in [5.74, 6) is -0.735. The number of carbonyl (C=O) groups excluding carboxylic acids is 2. The number of aliphatic hydroxyl groups excluding tert-OH is 2. The van der Waals surface area contributed by atoms with Gasteiger partial charge < -0.3 is 20.8 Å². The van der Waals surface area contributed by atoms with Gasteiger partial charge in [-0.25, -0.2) is 9.37 Å². The third-order valence-electron chi connectivity index (χ3n) is 6.90.